The lowest BCUT2D eigenvalue weighted by molar-refractivity contribution is -0.134. The summed E-state index contributed by atoms with van der Waals surface area (Å²) in [6, 6.07) is 0. The lowest BCUT2D eigenvalue weighted by Gasteiger charge is -2.07. The maximum atomic E-state index is 11.9. The minimum Gasteiger partial charge on any atom is -0.512 e. The van der Waals surface area contributed by atoms with Crippen LogP contribution in [0.1, 0.15) is 104 Å². The number of carboxylic acids is 1. The number of esters is 1. The summed E-state index contributed by atoms with van der Waals surface area (Å²) >= 11 is 0. The third kappa shape index (κ3) is 17.4. The van der Waals surface area contributed by atoms with Gasteiger partial charge in [-0.1, -0.05) is 78.1 Å². The first kappa shape index (κ1) is 25.2. The highest BCUT2D eigenvalue weighted by atomic mass is 16.5. The fourth-order valence-corrected chi connectivity index (χ4v) is 2.82. The molecule has 5 heteroatoms. The van der Waals surface area contributed by atoms with Crippen LogP contribution in [0.2, 0.25) is 0 Å². The number of aliphatic hydroxyl groups is 1. The smallest absolute Gasteiger partial charge is 0.339 e. The van der Waals surface area contributed by atoms with Gasteiger partial charge in [-0.25, -0.2) is 9.59 Å². The highest BCUT2D eigenvalue weighted by molar-refractivity contribution is 5.85. The molecule has 0 bridgehead atoms. The van der Waals surface area contributed by atoms with Crippen molar-refractivity contribution >= 4 is 11.9 Å². The molecule has 0 aromatic rings. The van der Waals surface area contributed by atoms with Gasteiger partial charge in [-0.05, 0) is 12.8 Å². The molecule has 0 radical (unpaired) electrons. The number of carboxylic acid groups (broad SMARTS) is 1. The summed E-state index contributed by atoms with van der Waals surface area (Å²) in [4.78, 5) is 22.8. The highest BCUT2D eigenvalue weighted by Gasteiger charge is 2.09. The van der Waals surface area contributed by atoms with E-state index in [2.05, 4.69) is 13.8 Å². The molecule has 0 atom stereocenters. The molecule has 0 aliphatic carbocycles. The van der Waals surface area contributed by atoms with Crippen molar-refractivity contribution in [2.75, 3.05) is 0 Å². The Kier molecular flexibility index (Phi) is 16.5. The standard InChI is InChI=1S/C22H38O5/c1-3-5-7-9-10-12-13-15-19(23)17-22(26)27-20(18-21(24)25)16-14-11-8-6-4-2/h17-18,23H,3-16H2,1-2H3,(H,24,25). The number of aliphatic carboxylic acids is 1. The average molecular weight is 383 g/mol. The van der Waals surface area contributed by atoms with E-state index in [1.54, 1.807) is 0 Å². The van der Waals surface area contributed by atoms with Crippen molar-refractivity contribution in [3.63, 3.8) is 0 Å². The quantitative estimate of drug-likeness (QED) is 0.131. The van der Waals surface area contributed by atoms with Crippen molar-refractivity contribution in [1.29, 1.82) is 0 Å². The minimum absolute atomic E-state index is 0.00817. The Morgan fingerprint density at radius 2 is 1.19 bits per heavy atom. The Bertz CT molecular complexity index is 465. The number of hydrogen-bond donors (Lipinski definition) is 2. The van der Waals surface area contributed by atoms with Gasteiger partial charge in [0, 0.05) is 12.8 Å². The maximum Gasteiger partial charge on any atom is 0.339 e. The number of aliphatic hydroxyl groups excluding tert-OH is 1. The number of allylic oxidation sites excluding steroid dienone is 2. The predicted octanol–water partition coefficient (Wildman–Crippen LogP) is 6.44. The van der Waals surface area contributed by atoms with E-state index in [4.69, 9.17) is 9.84 Å². The van der Waals surface area contributed by atoms with Crippen molar-refractivity contribution in [2.45, 2.75) is 104 Å². The van der Waals surface area contributed by atoms with Gasteiger partial charge in [0.05, 0.1) is 17.9 Å². The molecule has 0 amide bonds. The number of carbonyl (C=O) groups excluding carboxylic acids is 1. The average Bonchev–Trinajstić information content (AvgIpc) is 2.60. The topological polar surface area (TPSA) is 83.8 Å². The van der Waals surface area contributed by atoms with E-state index >= 15 is 0 Å². The lowest BCUT2D eigenvalue weighted by atomic mass is 10.1. The van der Waals surface area contributed by atoms with Crippen LogP contribution in [-0.4, -0.2) is 22.2 Å². The molecule has 0 saturated carbocycles. The lowest BCUT2D eigenvalue weighted by Crippen LogP contribution is -2.05. The molecule has 0 aliphatic rings. The van der Waals surface area contributed by atoms with E-state index in [-0.39, 0.29) is 11.5 Å². The van der Waals surface area contributed by atoms with Crippen molar-refractivity contribution in [1.82, 2.24) is 0 Å². The molecule has 0 fully saturated rings. The minimum atomic E-state index is -1.14. The Hall–Kier alpha value is -1.78. The number of unbranched alkanes of at least 4 members (excludes halogenated alkanes) is 10. The molecule has 0 rings (SSSR count). The normalized spacial score (nSPS) is 12.2. The number of ether oxygens (including phenoxy) is 1. The van der Waals surface area contributed by atoms with Crippen LogP contribution in [0.25, 0.3) is 0 Å². The van der Waals surface area contributed by atoms with Crippen LogP contribution in [0, 0.1) is 0 Å². The zero-order valence-corrected chi connectivity index (χ0v) is 17.2. The fourth-order valence-electron chi connectivity index (χ4n) is 2.82. The zero-order valence-electron chi connectivity index (χ0n) is 17.2. The Morgan fingerprint density at radius 3 is 1.70 bits per heavy atom. The number of carbonyl (C=O) groups is 2. The third-order valence-electron chi connectivity index (χ3n) is 4.36. The molecule has 156 valence electrons. The molecule has 0 unspecified atom stereocenters. The molecular weight excluding hydrogens is 344 g/mol. The van der Waals surface area contributed by atoms with Crippen molar-refractivity contribution in [3.8, 4) is 0 Å². The van der Waals surface area contributed by atoms with Gasteiger partial charge in [0.1, 0.15) is 5.76 Å². The van der Waals surface area contributed by atoms with Gasteiger partial charge in [-0.3, -0.25) is 0 Å². The molecule has 5 nitrogen and oxygen atoms in total. The van der Waals surface area contributed by atoms with Crippen molar-refractivity contribution in [3.05, 3.63) is 23.7 Å². The monoisotopic (exact) mass is 382 g/mol. The van der Waals surface area contributed by atoms with Crippen LogP contribution in [0.3, 0.4) is 0 Å². The molecule has 0 spiro atoms. The first-order chi connectivity index (χ1) is 13.0. The first-order valence-corrected chi connectivity index (χ1v) is 10.5. The van der Waals surface area contributed by atoms with Crippen LogP contribution in [0.5, 0.6) is 0 Å². The molecule has 2 N–H and O–H groups in total. The summed E-state index contributed by atoms with van der Waals surface area (Å²) in [5.74, 6) is -1.71. The van der Waals surface area contributed by atoms with Crippen LogP contribution >= 0.6 is 0 Å². The van der Waals surface area contributed by atoms with Crippen molar-refractivity contribution < 1.29 is 24.5 Å². The van der Waals surface area contributed by atoms with Gasteiger partial charge in [-0.2, -0.15) is 0 Å². The van der Waals surface area contributed by atoms with E-state index in [9.17, 15) is 14.7 Å². The molecular formula is C22H38O5. The summed E-state index contributed by atoms with van der Waals surface area (Å²) < 4.78 is 5.12. The maximum absolute atomic E-state index is 11.9. The second kappa shape index (κ2) is 17.6. The van der Waals surface area contributed by atoms with E-state index in [0.29, 0.717) is 12.8 Å². The summed E-state index contributed by atoms with van der Waals surface area (Å²) in [6.07, 6.45) is 15.9. The van der Waals surface area contributed by atoms with Gasteiger partial charge in [-0.15, -0.1) is 0 Å². The molecule has 0 aromatic heterocycles. The Labute approximate surface area is 164 Å². The van der Waals surface area contributed by atoms with E-state index in [0.717, 1.165) is 63.5 Å². The summed E-state index contributed by atoms with van der Waals surface area (Å²) in [7, 11) is 0. The fraction of sp³-hybridized carbons (Fsp3) is 0.727. The van der Waals surface area contributed by atoms with Crippen LogP contribution < -0.4 is 0 Å². The molecule has 0 aromatic carbocycles. The van der Waals surface area contributed by atoms with Gasteiger partial charge in [0.2, 0.25) is 0 Å². The van der Waals surface area contributed by atoms with Gasteiger partial charge >= 0.3 is 11.9 Å². The summed E-state index contributed by atoms with van der Waals surface area (Å²) in [6.45, 7) is 4.31. The van der Waals surface area contributed by atoms with Gasteiger partial charge in [0.15, 0.2) is 0 Å². The van der Waals surface area contributed by atoms with E-state index < -0.39 is 11.9 Å². The summed E-state index contributed by atoms with van der Waals surface area (Å²) in [5.41, 5.74) is 0. The number of hydrogen-bond acceptors (Lipinski definition) is 4. The Morgan fingerprint density at radius 1 is 0.704 bits per heavy atom. The van der Waals surface area contributed by atoms with E-state index in [1.165, 1.54) is 25.7 Å². The summed E-state index contributed by atoms with van der Waals surface area (Å²) in [5, 5.41) is 18.8. The molecule has 27 heavy (non-hydrogen) atoms. The van der Waals surface area contributed by atoms with Crippen LogP contribution in [0.15, 0.2) is 23.7 Å². The SMILES string of the molecule is CCCCCCCCCC(O)=CC(=O)OC(=CC(=O)O)CCCCCCC. The number of rotatable bonds is 17. The highest BCUT2D eigenvalue weighted by Crippen LogP contribution is 2.14. The second-order valence-corrected chi connectivity index (χ2v) is 7.04. The molecule has 0 aliphatic heterocycles. The van der Waals surface area contributed by atoms with Gasteiger partial charge in [0.25, 0.3) is 0 Å². The van der Waals surface area contributed by atoms with E-state index in [1.807, 2.05) is 0 Å². The largest absolute Gasteiger partial charge is 0.512 e. The third-order valence-corrected chi connectivity index (χ3v) is 4.36. The van der Waals surface area contributed by atoms with Gasteiger partial charge < -0.3 is 14.9 Å². The first-order valence-electron chi connectivity index (χ1n) is 10.5. The second-order valence-electron chi connectivity index (χ2n) is 7.04. The molecule has 0 saturated heterocycles. The Balaban J connectivity index is 4.20. The zero-order chi connectivity index (χ0) is 20.3. The molecule has 0 heterocycles. The van der Waals surface area contributed by atoms with Crippen molar-refractivity contribution in [2.24, 2.45) is 0 Å². The predicted molar refractivity (Wildman–Crippen MR) is 109 cm³/mol. The van der Waals surface area contributed by atoms with Crippen LogP contribution in [0.4, 0.5) is 0 Å². The van der Waals surface area contributed by atoms with Crippen LogP contribution in [-0.2, 0) is 14.3 Å².